The predicted molar refractivity (Wildman–Crippen MR) is 60.3 cm³/mol. The molecule has 0 aliphatic rings. The lowest BCUT2D eigenvalue weighted by Gasteiger charge is -2.27. The summed E-state index contributed by atoms with van der Waals surface area (Å²) < 4.78 is 17.0. The molecule has 86 valence electrons. The van der Waals surface area contributed by atoms with E-state index in [2.05, 4.69) is 20.8 Å². The van der Waals surface area contributed by atoms with Gasteiger partial charge in [-0.2, -0.15) is 0 Å². The first-order valence-electron chi connectivity index (χ1n) is 5.57. The van der Waals surface area contributed by atoms with E-state index >= 15 is 0 Å². The van der Waals surface area contributed by atoms with Crippen molar-refractivity contribution in [2.24, 2.45) is 0 Å². The van der Waals surface area contributed by atoms with Gasteiger partial charge in [0.05, 0.1) is 0 Å². The minimum Gasteiger partial charge on any atom is -0.377 e. The van der Waals surface area contributed by atoms with E-state index in [0.29, 0.717) is 0 Å². The van der Waals surface area contributed by atoms with E-state index in [4.69, 9.17) is 13.3 Å². The molecule has 14 heavy (non-hydrogen) atoms. The molecule has 0 aromatic rings. The molecule has 0 aliphatic heterocycles. The first-order chi connectivity index (χ1) is 6.74. The van der Waals surface area contributed by atoms with Crippen LogP contribution in [0.1, 0.15) is 40.0 Å². The second kappa shape index (κ2) is 8.41. The van der Waals surface area contributed by atoms with Gasteiger partial charge in [0.2, 0.25) is 0 Å². The molecule has 0 aliphatic carbocycles. The SMILES string of the molecule is CCCO[Si](CCC)(OC)OCCC. The molecule has 0 N–H and O–H groups in total. The standard InChI is InChI=1S/C10H24O3Si/c1-5-8-12-14(11-4,10-7-3)13-9-6-2/h5-10H2,1-4H3. The highest BCUT2D eigenvalue weighted by molar-refractivity contribution is 6.60. The molecular weight excluding hydrogens is 196 g/mol. The van der Waals surface area contributed by atoms with Crippen LogP contribution in [0.5, 0.6) is 0 Å². The van der Waals surface area contributed by atoms with Crippen molar-refractivity contribution in [2.75, 3.05) is 20.3 Å². The van der Waals surface area contributed by atoms with Crippen molar-refractivity contribution in [2.45, 2.75) is 46.1 Å². The minimum atomic E-state index is -2.31. The van der Waals surface area contributed by atoms with Crippen LogP contribution in [0.15, 0.2) is 0 Å². The minimum absolute atomic E-state index is 0.740. The highest BCUT2D eigenvalue weighted by atomic mass is 28.4. The Hall–Kier alpha value is 0.0969. The fourth-order valence-electron chi connectivity index (χ4n) is 1.23. The molecule has 0 atom stereocenters. The van der Waals surface area contributed by atoms with Crippen LogP contribution in [0.25, 0.3) is 0 Å². The second-order valence-electron chi connectivity index (χ2n) is 3.33. The largest absolute Gasteiger partial charge is 0.500 e. The van der Waals surface area contributed by atoms with Crippen molar-refractivity contribution in [1.29, 1.82) is 0 Å². The summed E-state index contributed by atoms with van der Waals surface area (Å²) in [4.78, 5) is 0. The summed E-state index contributed by atoms with van der Waals surface area (Å²) in [6, 6.07) is 0.920. The van der Waals surface area contributed by atoms with Gasteiger partial charge in [0.25, 0.3) is 0 Å². The molecule has 0 aromatic carbocycles. The van der Waals surface area contributed by atoms with E-state index in [0.717, 1.165) is 38.5 Å². The van der Waals surface area contributed by atoms with Crippen LogP contribution >= 0.6 is 0 Å². The summed E-state index contributed by atoms with van der Waals surface area (Å²) >= 11 is 0. The Morgan fingerprint density at radius 3 is 1.64 bits per heavy atom. The lowest BCUT2D eigenvalue weighted by atomic mass is 10.5. The summed E-state index contributed by atoms with van der Waals surface area (Å²) in [6.07, 6.45) is 3.07. The summed E-state index contributed by atoms with van der Waals surface area (Å²) in [5.74, 6) is 0. The molecule has 0 saturated carbocycles. The molecule has 0 radical (unpaired) electrons. The van der Waals surface area contributed by atoms with E-state index in [-0.39, 0.29) is 0 Å². The Morgan fingerprint density at radius 1 is 0.857 bits per heavy atom. The number of rotatable bonds is 9. The van der Waals surface area contributed by atoms with Gasteiger partial charge in [-0.25, -0.2) is 0 Å². The van der Waals surface area contributed by atoms with E-state index < -0.39 is 8.80 Å². The first-order valence-corrected chi connectivity index (χ1v) is 7.50. The fourth-order valence-corrected chi connectivity index (χ4v) is 3.68. The third-order valence-electron chi connectivity index (χ3n) is 1.92. The zero-order valence-electron chi connectivity index (χ0n) is 9.97. The van der Waals surface area contributed by atoms with Crippen LogP contribution in [-0.2, 0) is 13.3 Å². The topological polar surface area (TPSA) is 27.7 Å². The normalized spacial score (nSPS) is 12.0. The summed E-state index contributed by atoms with van der Waals surface area (Å²) in [6.45, 7) is 7.81. The highest BCUT2D eigenvalue weighted by Crippen LogP contribution is 2.17. The molecule has 0 aromatic heterocycles. The summed E-state index contributed by atoms with van der Waals surface area (Å²) in [7, 11) is -0.610. The molecule has 0 spiro atoms. The van der Waals surface area contributed by atoms with E-state index in [1.54, 1.807) is 7.11 Å². The van der Waals surface area contributed by atoms with E-state index in [1.165, 1.54) is 0 Å². The van der Waals surface area contributed by atoms with Crippen molar-refractivity contribution >= 4 is 8.80 Å². The van der Waals surface area contributed by atoms with Gasteiger partial charge in [-0.05, 0) is 12.8 Å². The Bertz CT molecular complexity index is 123. The van der Waals surface area contributed by atoms with Gasteiger partial charge in [0.1, 0.15) is 0 Å². The molecular formula is C10H24O3Si. The predicted octanol–water partition coefficient (Wildman–Crippen LogP) is 2.83. The van der Waals surface area contributed by atoms with Crippen LogP contribution in [0.4, 0.5) is 0 Å². The quantitative estimate of drug-likeness (QED) is 0.559. The molecule has 0 heterocycles. The maximum atomic E-state index is 5.76. The molecule has 3 nitrogen and oxygen atoms in total. The van der Waals surface area contributed by atoms with E-state index in [9.17, 15) is 0 Å². The zero-order chi connectivity index (χ0) is 10.9. The fraction of sp³-hybridized carbons (Fsp3) is 1.00. The van der Waals surface area contributed by atoms with Crippen LogP contribution in [0, 0.1) is 0 Å². The Labute approximate surface area is 89.1 Å². The van der Waals surface area contributed by atoms with Gasteiger partial charge < -0.3 is 13.3 Å². The van der Waals surface area contributed by atoms with Crippen LogP contribution < -0.4 is 0 Å². The van der Waals surface area contributed by atoms with E-state index in [1.807, 2.05) is 0 Å². The van der Waals surface area contributed by atoms with Crippen molar-refractivity contribution < 1.29 is 13.3 Å². The Balaban J connectivity index is 4.11. The van der Waals surface area contributed by atoms with Crippen molar-refractivity contribution in [3.8, 4) is 0 Å². The van der Waals surface area contributed by atoms with Gasteiger partial charge in [-0.15, -0.1) is 0 Å². The molecule has 0 rings (SSSR count). The van der Waals surface area contributed by atoms with Gasteiger partial charge >= 0.3 is 8.80 Å². The van der Waals surface area contributed by atoms with Crippen molar-refractivity contribution in [3.63, 3.8) is 0 Å². The third kappa shape index (κ3) is 5.10. The summed E-state index contributed by atoms with van der Waals surface area (Å²) in [5.41, 5.74) is 0. The second-order valence-corrected chi connectivity index (χ2v) is 6.19. The number of hydrogen-bond acceptors (Lipinski definition) is 3. The third-order valence-corrected chi connectivity index (χ3v) is 4.94. The molecule has 0 saturated heterocycles. The average Bonchev–Trinajstić information content (AvgIpc) is 2.22. The first kappa shape index (κ1) is 14.1. The monoisotopic (exact) mass is 220 g/mol. The average molecular weight is 220 g/mol. The summed E-state index contributed by atoms with van der Waals surface area (Å²) in [5, 5.41) is 0. The van der Waals surface area contributed by atoms with Crippen LogP contribution in [-0.4, -0.2) is 29.1 Å². The maximum absolute atomic E-state index is 5.76. The van der Waals surface area contributed by atoms with Crippen molar-refractivity contribution in [1.82, 2.24) is 0 Å². The smallest absolute Gasteiger partial charge is 0.377 e. The Morgan fingerprint density at radius 2 is 1.36 bits per heavy atom. The molecule has 0 unspecified atom stereocenters. The maximum Gasteiger partial charge on any atom is 0.500 e. The lowest BCUT2D eigenvalue weighted by molar-refractivity contribution is 0.0773. The van der Waals surface area contributed by atoms with Crippen LogP contribution in [0.2, 0.25) is 6.04 Å². The molecule has 4 heteroatoms. The van der Waals surface area contributed by atoms with Crippen LogP contribution in [0.3, 0.4) is 0 Å². The zero-order valence-corrected chi connectivity index (χ0v) is 11.0. The van der Waals surface area contributed by atoms with Gasteiger partial charge in [0, 0.05) is 26.4 Å². The molecule has 0 bridgehead atoms. The van der Waals surface area contributed by atoms with Gasteiger partial charge in [0.15, 0.2) is 0 Å². The molecule has 0 amide bonds. The highest BCUT2D eigenvalue weighted by Gasteiger charge is 2.38. The lowest BCUT2D eigenvalue weighted by Crippen LogP contribution is -2.45. The van der Waals surface area contributed by atoms with Crippen molar-refractivity contribution in [3.05, 3.63) is 0 Å². The molecule has 0 fully saturated rings. The van der Waals surface area contributed by atoms with Gasteiger partial charge in [-0.3, -0.25) is 0 Å². The van der Waals surface area contributed by atoms with Gasteiger partial charge in [-0.1, -0.05) is 27.2 Å². The number of hydrogen-bond donors (Lipinski definition) is 0. The Kier molecular flexibility index (Phi) is 8.47.